The first kappa shape index (κ1) is 9.85. The minimum absolute atomic E-state index is 0.0733. The van der Waals surface area contributed by atoms with Crippen LogP contribution in [0.15, 0.2) is 12.3 Å². The standard InChI is InChI=1S/C11H16N2/c1-5-8-11(3,4)13-9-7-10(6-2)12-13/h2,7,9H,5,8H2,1,3-4H3. The largest absolute Gasteiger partial charge is 0.266 e. The van der Waals surface area contributed by atoms with Crippen LogP contribution in [0.1, 0.15) is 39.3 Å². The average Bonchev–Trinajstić information content (AvgIpc) is 2.52. The summed E-state index contributed by atoms with van der Waals surface area (Å²) < 4.78 is 1.95. The Morgan fingerprint density at radius 2 is 2.31 bits per heavy atom. The fraction of sp³-hybridized carbons (Fsp3) is 0.545. The number of aromatic nitrogens is 2. The van der Waals surface area contributed by atoms with Gasteiger partial charge in [0.05, 0.1) is 5.54 Å². The first-order valence-corrected chi connectivity index (χ1v) is 4.63. The van der Waals surface area contributed by atoms with Gasteiger partial charge in [0.25, 0.3) is 0 Å². The third-order valence-electron chi connectivity index (χ3n) is 2.22. The van der Waals surface area contributed by atoms with Crippen LogP contribution in [-0.4, -0.2) is 9.78 Å². The van der Waals surface area contributed by atoms with E-state index in [4.69, 9.17) is 6.42 Å². The lowest BCUT2D eigenvalue weighted by Crippen LogP contribution is -2.26. The minimum Gasteiger partial charge on any atom is -0.266 e. The van der Waals surface area contributed by atoms with Crippen LogP contribution in [0, 0.1) is 12.3 Å². The van der Waals surface area contributed by atoms with Gasteiger partial charge < -0.3 is 0 Å². The van der Waals surface area contributed by atoms with E-state index in [9.17, 15) is 0 Å². The molecule has 0 N–H and O–H groups in total. The van der Waals surface area contributed by atoms with Crippen molar-refractivity contribution in [2.45, 2.75) is 39.2 Å². The van der Waals surface area contributed by atoms with E-state index in [0.29, 0.717) is 5.69 Å². The van der Waals surface area contributed by atoms with Crippen molar-refractivity contribution in [1.82, 2.24) is 9.78 Å². The molecule has 0 atom stereocenters. The second kappa shape index (κ2) is 3.66. The predicted octanol–water partition coefficient (Wildman–Crippen LogP) is 2.40. The SMILES string of the molecule is C#Cc1ccn(C(C)(C)CCC)n1. The van der Waals surface area contributed by atoms with Crippen molar-refractivity contribution in [3.8, 4) is 12.3 Å². The van der Waals surface area contributed by atoms with Gasteiger partial charge in [-0.15, -0.1) is 6.42 Å². The lowest BCUT2D eigenvalue weighted by atomic mass is 10.00. The highest BCUT2D eigenvalue weighted by Gasteiger charge is 2.19. The summed E-state index contributed by atoms with van der Waals surface area (Å²) in [4.78, 5) is 0. The van der Waals surface area contributed by atoms with Gasteiger partial charge >= 0.3 is 0 Å². The maximum atomic E-state index is 5.25. The Kier molecular flexibility index (Phi) is 2.77. The second-order valence-electron chi connectivity index (χ2n) is 3.85. The molecule has 0 amide bonds. The van der Waals surface area contributed by atoms with Crippen molar-refractivity contribution in [3.05, 3.63) is 18.0 Å². The molecule has 0 saturated heterocycles. The number of hydrogen-bond acceptors (Lipinski definition) is 1. The molecule has 0 unspecified atom stereocenters. The predicted molar refractivity (Wildman–Crippen MR) is 54.4 cm³/mol. The Labute approximate surface area is 80.0 Å². The molecular weight excluding hydrogens is 160 g/mol. The van der Waals surface area contributed by atoms with Crippen LogP contribution in [0.3, 0.4) is 0 Å². The van der Waals surface area contributed by atoms with Crippen LogP contribution < -0.4 is 0 Å². The Balaban J connectivity index is 2.88. The average molecular weight is 176 g/mol. The molecule has 0 aromatic carbocycles. The smallest absolute Gasteiger partial charge is 0.135 e. The number of terminal acetylenes is 1. The molecule has 1 aromatic rings. The van der Waals surface area contributed by atoms with Gasteiger partial charge in [-0.1, -0.05) is 13.3 Å². The van der Waals surface area contributed by atoms with E-state index >= 15 is 0 Å². The van der Waals surface area contributed by atoms with E-state index in [1.165, 1.54) is 0 Å². The van der Waals surface area contributed by atoms with E-state index in [-0.39, 0.29) is 5.54 Å². The zero-order valence-electron chi connectivity index (χ0n) is 8.54. The number of hydrogen-bond donors (Lipinski definition) is 0. The molecule has 0 aliphatic rings. The lowest BCUT2D eigenvalue weighted by molar-refractivity contribution is 0.292. The summed E-state index contributed by atoms with van der Waals surface area (Å²) in [5.74, 6) is 2.53. The van der Waals surface area contributed by atoms with Crippen LogP contribution in [0.5, 0.6) is 0 Å². The molecule has 0 radical (unpaired) electrons. The summed E-state index contributed by atoms with van der Waals surface area (Å²) in [5, 5.41) is 4.30. The molecule has 1 rings (SSSR count). The highest BCUT2D eigenvalue weighted by molar-refractivity contribution is 5.22. The Hall–Kier alpha value is -1.23. The van der Waals surface area contributed by atoms with Gasteiger partial charge in [-0.05, 0) is 32.3 Å². The van der Waals surface area contributed by atoms with Crippen molar-refractivity contribution < 1.29 is 0 Å². The zero-order chi connectivity index (χ0) is 9.90. The molecule has 70 valence electrons. The summed E-state index contributed by atoms with van der Waals surface area (Å²) in [6, 6.07) is 1.87. The Bertz CT molecular complexity index is 315. The van der Waals surface area contributed by atoms with Gasteiger partial charge in [-0.25, -0.2) is 0 Å². The van der Waals surface area contributed by atoms with Crippen LogP contribution in [0.2, 0.25) is 0 Å². The lowest BCUT2D eigenvalue weighted by Gasteiger charge is -2.24. The van der Waals surface area contributed by atoms with E-state index in [0.717, 1.165) is 12.8 Å². The fourth-order valence-electron chi connectivity index (χ4n) is 1.46. The molecule has 0 aliphatic heterocycles. The monoisotopic (exact) mass is 176 g/mol. The quantitative estimate of drug-likeness (QED) is 0.647. The highest BCUT2D eigenvalue weighted by atomic mass is 15.3. The number of rotatable bonds is 3. The number of nitrogens with zero attached hydrogens (tertiary/aromatic N) is 2. The maximum absolute atomic E-state index is 5.25. The zero-order valence-corrected chi connectivity index (χ0v) is 8.54. The van der Waals surface area contributed by atoms with Crippen molar-refractivity contribution in [2.24, 2.45) is 0 Å². The molecule has 2 heteroatoms. The summed E-state index contributed by atoms with van der Waals surface area (Å²) >= 11 is 0. The van der Waals surface area contributed by atoms with Gasteiger partial charge in [0.15, 0.2) is 0 Å². The van der Waals surface area contributed by atoms with E-state index in [1.807, 2.05) is 16.9 Å². The summed E-state index contributed by atoms with van der Waals surface area (Å²) in [5.41, 5.74) is 0.785. The molecule has 0 spiro atoms. The highest BCUT2D eigenvalue weighted by Crippen LogP contribution is 2.20. The molecule has 2 nitrogen and oxygen atoms in total. The Morgan fingerprint density at radius 1 is 1.62 bits per heavy atom. The Morgan fingerprint density at radius 3 is 2.77 bits per heavy atom. The third-order valence-corrected chi connectivity index (χ3v) is 2.22. The molecule has 0 saturated carbocycles. The summed E-state index contributed by atoms with van der Waals surface area (Å²) in [7, 11) is 0. The third kappa shape index (κ3) is 2.12. The summed E-state index contributed by atoms with van der Waals surface area (Å²) in [6.07, 6.45) is 9.46. The van der Waals surface area contributed by atoms with Crippen LogP contribution in [-0.2, 0) is 5.54 Å². The van der Waals surface area contributed by atoms with Gasteiger partial charge in [0.2, 0.25) is 0 Å². The topological polar surface area (TPSA) is 17.8 Å². The fourth-order valence-corrected chi connectivity index (χ4v) is 1.46. The van der Waals surface area contributed by atoms with Gasteiger partial charge in [0.1, 0.15) is 5.69 Å². The molecule has 0 aliphatic carbocycles. The van der Waals surface area contributed by atoms with E-state index in [2.05, 4.69) is 31.8 Å². The maximum Gasteiger partial charge on any atom is 0.135 e. The molecular formula is C11H16N2. The summed E-state index contributed by atoms with van der Waals surface area (Å²) in [6.45, 7) is 6.51. The van der Waals surface area contributed by atoms with E-state index < -0.39 is 0 Å². The minimum atomic E-state index is 0.0733. The van der Waals surface area contributed by atoms with Crippen molar-refractivity contribution in [2.75, 3.05) is 0 Å². The van der Waals surface area contributed by atoms with Crippen LogP contribution >= 0.6 is 0 Å². The van der Waals surface area contributed by atoms with Crippen molar-refractivity contribution in [3.63, 3.8) is 0 Å². The van der Waals surface area contributed by atoms with Crippen LogP contribution in [0.4, 0.5) is 0 Å². The molecule has 13 heavy (non-hydrogen) atoms. The molecule has 1 aromatic heterocycles. The molecule has 0 bridgehead atoms. The second-order valence-corrected chi connectivity index (χ2v) is 3.85. The van der Waals surface area contributed by atoms with Crippen molar-refractivity contribution >= 4 is 0 Å². The first-order valence-electron chi connectivity index (χ1n) is 4.63. The van der Waals surface area contributed by atoms with Gasteiger partial charge in [-0.3, -0.25) is 4.68 Å². The van der Waals surface area contributed by atoms with Gasteiger partial charge in [0, 0.05) is 6.20 Å². The molecule has 0 fully saturated rings. The molecule has 1 heterocycles. The van der Waals surface area contributed by atoms with Gasteiger partial charge in [-0.2, -0.15) is 5.10 Å². The normalized spacial score (nSPS) is 11.2. The van der Waals surface area contributed by atoms with Crippen molar-refractivity contribution in [1.29, 1.82) is 0 Å². The van der Waals surface area contributed by atoms with E-state index in [1.54, 1.807) is 0 Å². The van der Waals surface area contributed by atoms with Crippen LogP contribution in [0.25, 0.3) is 0 Å². The first-order chi connectivity index (χ1) is 6.10.